The van der Waals surface area contributed by atoms with E-state index in [9.17, 15) is 24.3 Å². The number of nitrogens with one attached hydrogen (secondary N) is 1. The van der Waals surface area contributed by atoms with Crippen LogP contribution >= 0.6 is 0 Å². The molecule has 0 aromatic heterocycles. The Balaban J connectivity index is 1.82. The van der Waals surface area contributed by atoms with Gasteiger partial charge in [-0.15, -0.1) is 0 Å². The molecular formula is C26H44N4O6. The first-order valence-electron chi connectivity index (χ1n) is 13.4. The largest absolute Gasteiger partial charge is 0.480 e. The average molecular weight is 509 g/mol. The molecule has 3 amide bonds. The van der Waals surface area contributed by atoms with Gasteiger partial charge < -0.3 is 20.1 Å². The number of nitrogens with zero attached hydrogens (tertiary/aromatic N) is 3. The van der Waals surface area contributed by atoms with Crippen LogP contribution in [0.1, 0.15) is 79.6 Å². The van der Waals surface area contributed by atoms with Crippen molar-refractivity contribution in [3.05, 3.63) is 0 Å². The molecule has 3 rings (SSSR count). The summed E-state index contributed by atoms with van der Waals surface area (Å²) < 4.78 is 5.39. The Morgan fingerprint density at radius 3 is 2.28 bits per heavy atom. The highest BCUT2D eigenvalue weighted by Gasteiger charge is 2.49. The number of carboxylic acids is 1. The molecule has 0 bridgehead atoms. The molecule has 2 N–H and O–H groups in total. The van der Waals surface area contributed by atoms with Crippen LogP contribution in [0.2, 0.25) is 0 Å². The number of piperazine rings is 1. The van der Waals surface area contributed by atoms with E-state index in [4.69, 9.17) is 4.74 Å². The highest BCUT2D eigenvalue weighted by molar-refractivity contribution is 5.93. The molecule has 2 aliphatic heterocycles. The van der Waals surface area contributed by atoms with E-state index in [2.05, 4.69) is 10.2 Å². The fourth-order valence-corrected chi connectivity index (χ4v) is 5.91. The topological polar surface area (TPSA) is 119 Å². The summed E-state index contributed by atoms with van der Waals surface area (Å²) in [5.41, 5.74) is -0.702. The molecule has 2 heterocycles. The number of rotatable bonds is 6. The van der Waals surface area contributed by atoms with Crippen LogP contribution < -0.4 is 5.32 Å². The molecule has 5 atom stereocenters. The molecule has 1 unspecified atom stereocenters. The van der Waals surface area contributed by atoms with Gasteiger partial charge in [-0.2, -0.15) is 0 Å². The second kappa shape index (κ2) is 11.4. The maximum atomic E-state index is 14.1. The summed E-state index contributed by atoms with van der Waals surface area (Å²) in [4.78, 5) is 57.1. The van der Waals surface area contributed by atoms with Crippen LogP contribution in [-0.4, -0.2) is 99.6 Å². The third-order valence-corrected chi connectivity index (χ3v) is 8.02. The van der Waals surface area contributed by atoms with Crippen LogP contribution in [0.4, 0.5) is 4.79 Å². The third kappa shape index (κ3) is 6.30. The number of likely N-dealkylation sites (N-methyl/N-ethyl adjacent to an activating group) is 1. The molecule has 0 aromatic rings. The van der Waals surface area contributed by atoms with E-state index in [0.29, 0.717) is 6.54 Å². The lowest BCUT2D eigenvalue weighted by atomic mass is 9.82. The number of carbonyl (C=O) groups excluding carboxylic acids is 3. The lowest BCUT2D eigenvalue weighted by Gasteiger charge is -2.48. The minimum absolute atomic E-state index is 0.0718. The third-order valence-electron chi connectivity index (χ3n) is 8.02. The Morgan fingerprint density at radius 1 is 1.06 bits per heavy atom. The van der Waals surface area contributed by atoms with E-state index in [1.807, 2.05) is 6.92 Å². The number of ether oxygens (including phenoxy) is 1. The van der Waals surface area contributed by atoms with Gasteiger partial charge in [-0.1, -0.05) is 19.3 Å². The molecule has 1 aliphatic carbocycles. The average Bonchev–Trinajstić information content (AvgIpc) is 3.29. The molecule has 10 nitrogen and oxygen atoms in total. The molecule has 3 fully saturated rings. The Hall–Kier alpha value is -2.36. The van der Waals surface area contributed by atoms with Crippen molar-refractivity contribution in [2.45, 2.75) is 115 Å². The quantitative estimate of drug-likeness (QED) is 0.566. The first-order valence-corrected chi connectivity index (χ1v) is 13.4. The van der Waals surface area contributed by atoms with Crippen LogP contribution in [0.25, 0.3) is 0 Å². The van der Waals surface area contributed by atoms with Gasteiger partial charge in [0.25, 0.3) is 0 Å². The van der Waals surface area contributed by atoms with Gasteiger partial charge in [0.05, 0.1) is 0 Å². The van der Waals surface area contributed by atoms with Crippen molar-refractivity contribution < 1.29 is 29.0 Å². The van der Waals surface area contributed by atoms with Crippen LogP contribution in [0.15, 0.2) is 0 Å². The maximum Gasteiger partial charge on any atom is 0.410 e. The second-order valence-electron chi connectivity index (χ2n) is 11.7. The summed E-state index contributed by atoms with van der Waals surface area (Å²) in [6, 6.07) is -2.78. The molecular weight excluding hydrogens is 464 g/mol. The zero-order valence-corrected chi connectivity index (χ0v) is 22.7. The molecule has 204 valence electrons. The fraction of sp³-hybridized carbons (Fsp3) is 0.846. The summed E-state index contributed by atoms with van der Waals surface area (Å²) >= 11 is 0. The van der Waals surface area contributed by atoms with Gasteiger partial charge in [0.15, 0.2) is 0 Å². The number of carbonyl (C=O) groups is 4. The summed E-state index contributed by atoms with van der Waals surface area (Å²) in [7, 11) is 1.50. The summed E-state index contributed by atoms with van der Waals surface area (Å²) in [6.07, 6.45) is 5.89. The van der Waals surface area contributed by atoms with Crippen molar-refractivity contribution in [2.75, 3.05) is 20.1 Å². The number of hydrogen-bond acceptors (Lipinski definition) is 6. The van der Waals surface area contributed by atoms with E-state index in [1.54, 1.807) is 27.7 Å². The van der Waals surface area contributed by atoms with Gasteiger partial charge >= 0.3 is 12.1 Å². The Bertz CT molecular complexity index is 837. The number of hydrogen-bond donors (Lipinski definition) is 2. The van der Waals surface area contributed by atoms with Gasteiger partial charge in [0.1, 0.15) is 23.7 Å². The monoisotopic (exact) mass is 508 g/mol. The lowest BCUT2D eigenvalue weighted by molar-refractivity contribution is -0.161. The first-order chi connectivity index (χ1) is 16.8. The van der Waals surface area contributed by atoms with E-state index in [1.165, 1.54) is 16.8 Å². The van der Waals surface area contributed by atoms with Crippen molar-refractivity contribution in [2.24, 2.45) is 5.92 Å². The van der Waals surface area contributed by atoms with E-state index in [0.717, 1.165) is 51.5 Å². The number of aliphatic carboxylic acids is 1. The van der Waals surface area contributed by atoms with E-state index in [-0.39, 0.29) is 23.9 Å². The summed E-state index contributed by atoms with van der Waals surface area (Å²) in [5.74, 6) is -1.87. The SMILES string of the molecule is CC1[C@H]2CCCN2C[C@@H](C(=O)O)N1C(=O)[C@@H](NC(=O)[C@H](C)N(C)C(=O)OC(C)(C)C)C1CCCCC1. The molecule has 10 heteroatoms. The molecule has 36 heavy (non-hydrogen) atoms. The number of fused-ring (bicyclic) bond motifs is 1. The van der Waals surface area contributed by atoms with Crippen molar-refractivity contribution in [1.82, 2.24) is 20.0 Å². The van der Waals surface area contributed by atoms with Crippen LogP contribution in [0.3, 0.4) is 0 Å². The Morgan fingerprint density at radius 2 is 1.69 bits per heavy atom. The second-order valence-corrected chi connectivity index (χ2v) is 11.7. The summed E-state index contributed by atoms with van der Waals surface area (Å²) in [5, 5.41) is 13.0. The molecule has 0 radical (unpaired) electrons. The number of amides is 3. The van der Waals surface area contributed by atoms with Gasteiger partial charge in [0, 0.05) is 25.7 Å². The van der Waals surface area contributed by atoms with Gasteiger partial charge in [-0.05, 0) is 72.8 Å². The highest BCUT2D eigenvalue weighted by atomic mass is 16.6. The number of carboxylic acid groups (broad SMARTS) is 1. The highest BCUT2D eigenvalue weighted by Crippen LogP contribution is 2.33. The molecule has 2 saturated heterocycles. The minimum atomic E-state index is -1.02. The van der Waals surface area contributed by atoms with Crippen LogP contribution in [-0.2, 0) is 19.1 Å². The molecule has 0 spiro atoms. The minimum Gasteiger partial charge on any atom is -0.480 e. The normalized spacial score (nSPS) is 27.1. The zero-order chi connectivity index (χ0) is 26.8. The lowest BCUT2D eigenvalue weighted by Crippen LogP contribution is -2.68. The van der Waals surface area contributed by atoms with Crippen molar-refractivity contribution in [3.63, 3.8) is 0 Å². The van der Waals surface area contributed by atoms with Gasteiger partial charge in [0.2, 0.25) is 11.8 Å². The molecule has 3 aliphatic rings. The predicted molar refractivity (Wildman–Crippen MR) is 134 cm³/mol. The standard InChI is InChI=1S/C26H44N4O6/c1-16-19-13-10-14-29(19)15-20(24(33)34)30(16)23(32)21(18-11-8-7-9-12-18)27-22(31)17(2)28(6)25(35)36-26(3,4)5/h16-21H,7-15H2,1-6H3,(H,27,31)(H,33,34)/t16?,17-,19+,20-,21-/m0/s1. The van der Waals surface area contributed by atoms with E-state index >= 15 is 0 Å². The van der Waals surface area contributed by atoms with Crippen LogP contribution in [0, 0.1) is 5.92 Å². The summed E-state index contributed by atoms with van der Waals surface area (Å²) in [6.45, 7) is 9.94. The first kappa shape index (κ1) is 28.2. The van der Waals surface area contributed by atoms with Crippen molar-refractivity contribution in [3.8, 4) is 0 Å². The molecule has 1 saturated carbocycles. The predicted octanol–water partition coefficient (Wildman–Crippen LogP) is 2.46. The van der Waals surface area contributed by atoms with Crippen molar-refractivity contribution >= 4 is 23.9 Å². The van der Waals surface area contributed by atoms with Gasteiger partial charge in [-0.3, -0.25) is 19.4 Å². The van der Waals surface area contributed by atoms with Gasteiger partial charge in [-0.25, -0.2) is 9.59 Å². The van der Waals surface area contributed by atoms with Crippen molar-refractivity contribution in [1.29, 1.82) is 0 Å². The van der Waals surface area contributed by atoms with E-state index < -0.39 is 41.7 Å². The Labute approximate surface area is 214 Å². The Kier molecular flexibility index (Phi) is 8.90. The fourth-order valence-electron chi connectivity index (χ4n) is 5.91. The maximum absolute atomic E-state index is 14.1. The molecule has 0 aromatic carbocycles. The zero-order valence-electron chi connectivity index (χ0n) is 22.7. The van der Waals surface area contributed by atoms with Crippen LogP contribution in [0.5, 0.6) is 0 Å². The smallest absolute Gasteiger partial charge is 0.410 e.